The SMILES string of the molecule is CCCOc1ccc(Br)cc1/C=C\c1[nH]c(=O)[nH]c(=O)c1[N+](=O)[O-]. The molecule has 0 saturated heterocycles. The molecule has 0 saturated carbocycles. The molecule has 2 aromatic rings. The maximum absolute atomic E-state index is 11.6. The molecule has 9 heteroatoms. The number of H-pyrrole nitrogens is 2. The molecule has 1 heterocycles. The van der Waals surface area contributed by atoms with Crippen molar-refractivity contribution in [2.45, 2.75) is 13.3 Å². The molecule has 1 aromatic carbocycles. The Bertz CT molecular complexity index is 901. The molecule has 24 heavy (non-hydrogen) atoms. The summed E-state index contributed by atoms with van der Waals surface area (Å²) in [5.74, 6) is 0.589. The molecule has 0 aliphatic carbocycles. The highest BCUT2D eigenvalue weighted by Gasteiger charge is 2.18. The average Bonchev–Trinajstić information content (AvgIpc) is 2.50. The molecule has 0 spiro atoms. The van der Waals surface area contributed by atoms with Crippen LogP contribution in [-0.4, -0.2) is 21.5 Å². The molecule has 0 bridgehead atoms. The highest BCUT2D eigenvalue weighted by Crippen LogP contribution is 2.26. The Balaban J connectivity index is 2.49. The molecule has 8 nitrogen and oxygen atoms in total. The van der Waals surface area contributed by atoms with Crippen LogP contribution in [0.15, 0.2) is 32.3 Å². The van der Waals surface area contributed by atoms with Gasteiger partial charge in [0.25, 0.3) is 0 Å². The molecular weight excluding hydrogens is 382 g/mol. The van der Waals surface area contributed by atoms with Gasteiger partial charge in [-0.05, 0) is 36.8 Å². The minimum absolute atomic E-state index is 0.185. The van der Waals surface area contributed by atoms with Crippen molar-refractivity contribution < 1.29 is 9.66 Å². The third-order valence-electron chi connectivity index (χ3n) is 2.99. The van der Waals surface area contributed by atoms with Gasteiger partial charge >= 0.3 is 16.9 Å². The second-order valence-electron chi connectivity index (χ2n) is 4.79. The van der Waals surface area contributed by atoms with E-state index in [1.54, 1.807) is 18.2 Å². The van der Waals surface area contributed by atoms with Gasteiger partial charge in [-0.2, -0.15) is 0 Å². The minimum Gasteiger partial charge on any atom is -0.493 e. The monoisotopic (exact) mass is 395 g/mol. The van der Waals surface area contributed by atoms with Gasteiger partial charge in [0.2, 0.25) is 0 Å². The third-order valence-corrected chi connectivity index (χ3v) is 3.48. The number of aromatic nitrogens is 2. The van der Waals surface area contributed by atoms with E-state index in [1.165, 1.54) is 12.2 Å². The topological polar surface area (TPSA) is 118 Å². The van der Waals surface area contributed by atoms with Crippen LogP contribution in [0.2, 0.25) is 0 Å². The summed E-state index contributed by atoms with van der Waals surface area (Å²) < 4.78 is 6.40. The minimum atomic E-state index is -1.06. The molecule has 0 unspecified atom stereocenters. The van der Waals surface area contributed by atoms with Crippen LogP contribution in [0.25, 0.3) is 12.2 Å². The van der Waals surface area contributed by atoms with Crippen molar-refractivity contribution in [1.82, 2.24) is 9.97 Å². The molecule has 0 aliphatic rings. The lowest BCUT2D eigenvalue weighted by Crippen LogP contribution is -2.25. The molecule has 0 aliphatic heterocycles. The molecule has 0 fully saturated rings. The quantitative estimate of drug-likeness (QED) is 0.575. The second kappa shape index (κ2) is 7.73. The summed E-state index contributed by atoms with van der Waals surface area (Å²) >= 11 is 3.34. The first-order chi connectivity index (χ1) is 11.4. The summed E-state index contributed by atoms with van der Waals surface area (Å²) in [5.41, 5.74) is -2.14. The van der Waals surface area contributed by atoms with Gasteiger partial charge in [-0.15, -0.1) is 0 Å². The highest BCUT2D eigenvalue weighted by atomic mass is 79.9. The van der Waals surface area contributed by atoms with Crippen molar-refractivity contribution in [2.75, 3.05) is 6.61 Å². The standard InChI is InChI=1S/C15H14BrN3O5/c1-2-7-24-12-6-4-10(16)8-9(12)3-5-11-13(19(22)23)14(20)18-15(21)17-11/h3-6,8H,2,7H2,1H3,(H2,17,18,20,21)/b5-3-. The zero-order chi connectivity index (χ0) is 17.7. The van der Waals surface area contributed by atoms with Crippen LogP contribution in [0.1, 0.15) is 24.6 Å². The Morgan fingerprint density at radius 2 is 2.04 bits per heavy atom. The van der Waals surface area contributed by atoms with Crippen LogP contribution in [0.5, 0.6) is 5.75 Å². The number of ether oxygens (including phenoxy) is 1. The van der Waals surface area contributed by atoms with Gasteiger partial charge in [0.15, 0.2) is 0 Å². The van der Waals surface area contributed by atoms with E-state index < -0.39 is 21.9 Å². The first-order valence-corrected chi connectivity index (χ1v) is 7.83. The summed E-state index contributed by atoms with van der Waals surface area (Å²) in [4.78, 5) is 37.2. The Morgan fingerprint density at radius 1 is 1.29 bits per heavy atom. The number of aromatic amines is 2. The van der Waals surface area contributed by atoms with Gasteiger partial charge < -0.3 is 9.72 Å². The second-order valence-corrected chi connectivity index (χ2v) is 5.71. The van der Waals surface area contributed by atoms with Crippen LogP contribution >= 0.6 is 15.9 Å². The maximum Gasteiger partial charge on any atom is 0.357 e. The lowest BCUT2D eigenvalue weighted by atomic mass is 10.1. The van der Waals surface area contributed by atoms with Gasteiger partial charge in [-0.1, -0.05) is 22.9 Å². The van der Waals surface area contributed by atoms with E-state index in [2.05, 4.69) is 20.9 Å². The first kappa shape index (κ1) is 17.7. The molecule has 2 N–H and O–H groups in total. The largest absolute Gasteiger partial charge is 0.493 e. The molecule has 0 atom stereocenters. The Kier molecular flexibility index (Phi) is 5.69. The zero-order valence-corrected chi connectivity index (χ0v) is 14.3. The van der Waals surface area contributed by atoms with Gasteiger partial charge in [0, 0.05) is 10.0 Å². The van der Waals surface area contributed by atoms with E-state index in [-0.39, 0.29) is 5.69 Å². The number of rotatable bonds is 6. The summed E-state index contributed by atoms with van der Waals surface area (Å²) in [6.07, 6.45) is 3.66. The molecule has 0 radical (unpaired) electrons. The summed E-state index contributed by atoms with van der Waals surface area (Å²) in [5, 5.41) is 11.0. The van der Waals surface area contributed by atoms with E-state index in [1.807, 2.05) is 11.9 Å². The van der Waals surface area contributed by atoms with E-state index in [4.69, 9.17) is 4.74 Å². The van der Waals surface area contributed by atoms with E-state index in [0.717, 1.165) is 10.9 Å². The van der Waals surface area contributed by atoms with Crippen LogP contribution in [0.4, 0.5) is 5.69 Å². The molecule has 126 valence electrons. The van der Waals surface area contributed by atoms with E-state index in [0.29, 0.717) is 17.9 Å². The number of nitrogens with zero attached hydrogens (tertiary/aromatic N) is 1. The van der Waals surface area contributed by atoms with Gasteiger partial charge in [-0.3, -0.25) is 19.9 Å². The van der Waals surface area contributed by atoms with Crippen LogP contribution < -0.4 is 16.0 Å². The predicted molar refractivity (Wildman–Crippen MR) is 93.2 cm³/mol. The van der Waals surface area contributed by atoms with Crippen molar-refractivity contribution in [3.05, 3.63) is 64.9 Å². The number of benzene rings is 1. The van der Waals surface area contributed by atoms with E-state index >= 15 is 0 Å². The first-order valence-electron chi connectivity index (χ1n) is 7.03. The van der Waals surface area contributed by atoms with Crippen molar-refractivity contribution in [3.63, 3.8) is 0 Å². The third kappa shape index (κ3) is 4.19. The number of halogens is 1. The fourth-order valence-corrected chi connectivity index (χ4v) is 2.34. The van der Waals surface area contributed by atoms with Crippen molar-refractivity contribution >= 4 is 33.8 Å². The van der Waals surface area contributed by atoms with Crippen LogP contribution in [0.3, 0.4) is 0 Å². The molecule has 1 aromatic heterocycles. The van der Waals surface area contributed by atoms with Gasteiger partial charge in [-0.25, -0.2) is 4.79 Å². The summed E-state index contributed by atoms with van der Waals surface area (Å²) in [6.45, 7) is 2.49. The lowest BCUT2D eigenvalue weighted by Gasteiger charge is -2.08. The smallest absolute Gasteiger partial charge is 0.357 e. The fraction of sp³-hybridized carbons (Fsp3) is 0.200. The summed E-state index contributed by atoms with van der Waals surface area (Å²) in [6, 6.07) is 5.33. The zero-order valence-electron chi connectivity index (χ0n) is 12.7. The number of nitrogens with one attached hydrogen (secondary N) is 2. The van der Waals surface area contributed by atoms with Crippen LogP contribution in [-0.2, 0) is 0 Å². The number of hydrogen-bond donors (Lipinski definition) is 2. The number of nitro groups is 1. The maximum atomic E-state index is 11.6. The van der Waals surface area contributed by atoms with Gasteiger partial charge in [0.1, 0.15) is 11.4 Å². The van der Waals surface area contributed by atoms with Gasteiger partial charge in [0.05, 0.1) is 11.5 Å². The van der Waals surface area contributed by atoms with Crippen molar-refractivity contribution in [2.24, 2.45) is 0 Å². The molecule has 2 rings (SSSR count). The molecular formula is C15H14BrN3O5. The highest BCUT2D eigenvalue weighted by molar-refractivity contribution is 9.10. The van der Waals surface area contributed by atoms with Crippen molar-refractivity contribution in [3.8, 4) is 5.75 Å². The average molecular weight is 396 g/mol. The predicted octanol–water partition coefficient (Wildman–Crippen LogP) is 2.69. The van der Waals surface area contributed by atoms with Crippen LogP contribution in [0, 0.1) is 10.1 Å². The Labute approximate surface area is 144 Å². The number of hydrogen-bond acceptors (Lipinski definition) is 5. The van der Waals surface area contributed by atoms with Crippen molar-refractivity contribution in [1.29, 1.82) is 0 Å². The van der Waals surface area contributed by atoms with E-state index in [9.17, 15) is 19.7 Å². The lowest BCUT2D eigenvalue weighted by molar-refractivity contribution is -0.386. The Morgan fingerprint density at radius 3 is 2.71 bits per heavy atom. The fourth-order valence-electron chi connectivity index (χ4n) is 1.97. The summed E-state index contributed by atoms with van der Waals surface area (Å²) in [7, 11) is 0. The normalized spacial score (nSPS) is 10.9. The molecule has 0 amide bonds. The Hall–Kier alpha value is -2.68.